The van der Waals surface area contributed by atoms with Crippen LogP contribution in [-0.4, -0.2) is 66.2 Å². The highest BCUT2D eigenvalue weighted by molar-refractivity contribution is 7.80. The topological polar surface area (TPSA) is 56.8 Å². The zero-order valence-electron chi connectivity index (χ0n) is 15.5. The first-order chi connectivity index (χ1) is 11.8. The van der Waals surface area contributed by atoms with Gasteiger partial charge in [0, 0.05) is 37.4 Å². The average molecular weight is 365 g/mol. The molecule has 0 unspecified atom stereocenters. The summed E-state index contributed by atoms with van der Waals surface area (Å²) in [5, 5.41) is 6.97. The molecule has 2 N–H and O–H groups in total. The van der Waals surface area contributed by atoms with Crippen LogP contribution in [0.5, 0.6) is 5.75 Å². The number of anilines is 1. The van der Waals surface area contributed by atoms with Crippen LogP contribution in [0.4, 0.5) is 5.69 Å². The van der Waals surface area contributed by atoms with Crippen LogP contribution >= 0.6 is 12.2 Å². The van der Waals surface area contributed by atoms with Crippen molar-refractivity contribution in [2.75, 3.05) is 45.2 Å². The summed E-state index contributed by atoms with van der Waals surface area (Å²) in [6, 6.07) is 7.68. The van der Waals surface area contributed by atoms with Gasteiger partial charge in [0.2, 0.25) is 5.91 Å². The largest absolute Gasteiger partial charge is 0.497 e. The second kappa shape index (κ2) is 8.49. The molecular weight excluding hydrogens is 336 g/mol. The van der Waals surface area contributed by atoms with E-state index in [4.69, 9.17) is 17.0 Å². The number of ether oxygens (including phenoxy) is 1. The first kappa shape index (κ1) is 19.5. The molecule has 7 heteroatoms. The zero-order valence-corrected chi connectivity index (χ0v) is 16.3. The lowest BCUT2D eigenvalue weighted by Crippen LogP contribution is -2.53. The van der Waals surface area contributed by atoms with Gasteiger partial charge >= 0.3 is 0 Å². The van der Waals surface area contributed by atoms with Gasteiger partial charge in [-0.25, -0.2) is 0 Å². The fourth-order valence-corrected chi connectivity index (χ4v) is 2.95. The smallest absolute Gasteiger partial charge is 0.234 e. The van der Waals surface area contributed by atoms with Crippen molar-refractivity contribution in [3.63, 3.8) is 0 Å². The van der Waals surface area contributed by atoms with Crippen molar-refractivity contribution in [1.29, 1.82) is 0 Å². The normalized spacial score (nSPS) is 15.6. The second-order valence-corrected chi connectivity index (χ2v) is 7.61. The lowest BCUT2D eigenvalue weighted by atomic mass is 10.1. The van der Waals surface area contributed by atoms with Crippen molar-refractivity contribution in [2.45, 2.75) is 26.3 Å². The Morgan fingerprint density at radius 1 is 1.16 bits per heavy atom. The number of benzene rings is 1. The van der Waals surface area contributed by atoms with E-state index in [9.17, 15) is 4.79 Å². The Hall–Kier alpha value is -1.86. The van der Waals surface area contributed by atoms with E-state index in [0.29, 0.717) is 11.7 Å². The van der Waals surface area contributed by atoms with E-state index < -0.39 is 0 Å². The summed E-state index contributed by atoms with van der Waals surface area (Å²) in [5.41, 5.74) is 0.751. The van der Waals surface area contributed by atoms with Gasteiger partial charge in [-0.3, -0.25) is 9.69 Å². The van der Waals surface area contributed by atoms with Crippen LogP contribution in [0.15, 0.2) is 24.3 Å². The number of hydrogen-bond acceptors (Lipinski definition) is 4. The first-order valence-corrected chi connectivity index (χ1v) is 8.91. The number of amides is 1. The van der Waals surface area contributed by atoms with E-state index in [-0.39, 0.29) is 11.4 Å². The number of piperazine rings is 1. The van der Waals surface area contributed by atoms with Gasteiger partial charge in [-0.05, 0) is 57.3 Å². The summed E-state index contributed by atoms with van der Waals surface area (Å²) < 4.78 is 5.15. The number of hydrogen-bond donors (Lipinski definition) is 2. The molecule has 1 aromatic rings. The highest BCUT2D eigenvalue weighted by Gasteiger charge is 2.22. The van der Waals surface area contributed by atoms with Crippen LogP contribution < -0.4 is 15.4 Å². The fourth-order valence-electron chi connectivity index (χ4n) is 2.65. The van der Waals surface area contributed by atoms with Gasteiger partial charge in [-0.1, -0.05) is 0 Å². The molecule has 0 aromatic heterocycles. The van der Waals surface area contributed by atoms with Crippen LogP contribution in [0.3, 0.4) is 0 Å². The number of nitrogens with one attached hydrogen (secondary N) is 2. The van der Waals surface area contributed by atoms with Crippen LogP contribution in [0.1, 0.15) is 20.8 Å². The lowest BCUT2D eigenvalue weighted by Gasteiger charge is -2.36. The molecule has 0 radical (unpaired) electrons. The van der Waals surface area contributed by atoms with Crippen LogP contribution in [-0.2, 0) is 4.79 Å². The summed E-state index contributed by atoms with van der Waals surface area (Å²) in [5.74, 6) is 0.888. The molecule has 1 aliphatic rings. The maximum atomic E-state index is 12.0. The minimum Gasteiger partial charge on any atom is -0.497 e. The molecule has 25 heavy (non-hydrogen) atoms. The number of carbonyl (C=O) groups excluding carboxylic acids is 1. The molecule has 0 bridgehead atoms. The van der Waals surface area contributed by atoms with Crippen LogP contribution in [0.2, 0.25) is 0 Å². The molecule has 0 atom stereocenters. The van der Waals surface area contributed by atoms with Gasteiger partial charge < -0.3 is 20.3 Å². The van der Waals surface area contributed by atoms with E-state index >= 15 is 0 Å². The third-order valence-corrected chi connectivity index (χ3v) is 4.24. The third kappa shape index (κ3) is 6.51. The van der Waals surface area contributed by atoms with Gasteiger partial charge in [0.05, 0.1) is 13.7 Å². The standard InChI is InChI=1S/C18H28N4O2S/c1-18(2,3)20-16(23)13-21-9-11-22(12-10-21)17(25)19-14-5-7-15(24-4)8-6-14/h5-8H,9-13H2,1-4H3,(H,19,25)(H,20,23). The van der Waals surface area contributed by atoms with Crippen LogP contribution in [0.25, 0.3) is 0 Å². The minimum absolute atomic E-state index is 0.0693. The molecule has 1 amide bonds. The van der Waals surface area contributed by atoms with Crippen molar-refractivity contribution >= 4 is 28.9 Å². The Bertz CT molecular complexity index is 590. The summed E-state index contributed by atoms with van der Waals surface area (Å²) in [6.45, 7) is 9.67. The Morgan fingerprint density at radius 2 is 1.76 bits per heavy atom. The van der Waals surface area contributed by atoms with E-state index in [2.05, 4.69) is 20.4 Å². The van der Waals surface area contributed by atoms with E-state index in [1.807, 2.05) is 45.0 Å². The molecule has 1 fully saturated rings. The molecule has 1 heterocycles. The van der Waals surface area contributed by atoms with Crippen molar-refractivity contribution in [1.82, 2.24) is 15.1 Å². The van der Waals surface area contributed by atoms with E-state index in [0.717, 1.165) is 37.6 Å². The maximum absolute atomic E-state index is 12.0. The Labute approximate surface area is 155 Å². The molecule has 1 saturated heterocycles. The first-order valence-electron chi connectivity index (χ1n) is 8.50. The highest BCUT2D eigenvalue weighted by Crippen LogP contribution is 2.16. The molecule has 1 aromatic carbocycles. The summed E-state index contributed by atoms with van der Waals surface area (Å²) >= 11 is 5.50. The third-order valence-electron chi connectivity index (χ3n) is 3.88. The van der Waals surface area contributed by atoms with E-state index in [1.54, 1.807) is 7.11 Å². The summed E-state index contributed by atoms with van der Waals surface area (Å²) in [7, 11) is 1.65. The van der Waals surface area contributed by atoms with Gasteiger partial charge in [0.1, 0.15) is 5.75 Å². The number of rotatable bonds is 4. The maximum Gasteiger partial charge on any atom is 0.234 e. The number of carbonyl (C=O) groups is 1. The van der Waals surface area contributed by atoms with Crippen molar-refractivity contribution in [3.8, 4) is 5.75 Å². The predicted octanol–water partition coefficient (Wildman–Crippen LogP) is 1.92. The van der Waals surface area contributed by atoms with Crippen molar-refractivity contribution in [2.24, 2.45) is 0 Å². The van der Waals surface area contributed by atoms with E-state index in [1.165, 1.54) is 0 Å². The molecule has 0 spiro atoms. The average Bonchev–Trinajstić information content (AvgIpc) is 2.54. The molecule has 2 rings (SSSR count). The lowest BCUT2D eigenvalue weighted by molar-refractivity contribution is -0.123. The quantitative estimate of drug-likeness (QED) is 0.796. The molecular formula is C18H28N4O2S. The number of nitrogens with zero attached hydrogens (tertiary/aromatic N) is 2. The van der Waals surface area contributed by atoms with Gasteiger partial charge in [-0.2, -0.15) is 0 Å². The van der Waals surface area contributed by atoms with Gasteiger partial charge in [0.25, 0.3) is 0 Å². The zero-order chi connectivity index (χ0) is 18.4. The number of thiocarbonyl (C=S) groups is 1. The molecule has 138 valence electrons. The molecule has 1 aliphatic heterocycles. The second-order valence-electron chi connectivity index (χ2n) is 7.22. The van der Waals surface area contributed by atoms with Crippen molar-refractivity contribution < 1.29 is 9.53 Å². The summed E-state index contributed by atoms with van der Waals surface area (Å²) in [4.78, 5) is 16.3. The Balaban J connectivity index is 1.77. The van der Waals surface area contributed by atoms with Gasteiger partial charge in [-0.15, -0.1) is 0 Å². The van der Waals surface area contributed by atoms with Crippen molar-refractivity contribution in [3.05, 3.63) is 24.3 Å². The molecule has 0 saturated carbocycles. The molecule has 0 aliphatic carbocycles. The van der Waals surface area contributed by atoms with Gasteiger partial charge in [0.15, 0.2) is 5.11 Å². The minimum atomic E-state index is -0.192. The Morgan fingerprint density at radius 3 is 2.28 bits per heavy atom. The SMILES string of the molecule is COc1ccc(NC(=S)N2CCN(CC(=O)NC(C)(C)C)CC2)cc1. The number of methoxy groups -OCH3 is 1. The molecule has 6 nitrogen and oxygen atoms in total. The van der Waals surface area contributed by atoms with Crippen LogP contribution in [0, 0.1) is 0 Å². The fraction of sp³-hybridized carbons (Fsp3) is 0.556. The monoisotopic (exact) mass is 364 g/mol. The predicted molar refractivity (Wildman–Crippen MR) is 105 cm³/mol. The Kier molecular flexibility index (Phi) is 6.61. The summed E-state index contributed by atoms with van der Waals surface area (Å²) in [6.07, 6.45) is 0. The highest BCUT2D eigenvalue weighted by atomic mass is 32.1.